The third-order valence-electron chi connectivity index (χ3n) is 3.80. The predicted molar refractivity (Wildman–Crippen MR) is 82.7 cm³/mol. The zero-order chi connectivity index (χ0) is 12.7. The molecule has 0 amide bonds. The molecule has 1 aliphatic heterocycles. The minimum absolute atomic E-state index is 1.02. The van der Waals surface area contributed by atoms with Crippen molar-refractivity contribution in [3.8, 4) is 10.4 Å². The summed E-state index contributed by atoms with van der Waals surface area (Å²) in [5.74, 6) is 0. The summed E-state index contributed by atoms with van der Waals surface area (Å²) in [6, 6.07) is 17.8. The highest BCUT2D eigenvalue weighted by Crippen LogP contribution is 2.34. The van der Waals surface area contributed by atoms with Crippen molar-refractivity contribution in [3.05, 3.63) is 59.7 Å². The first-order valence-corrected chi connectivity index (χ1v) is 7.53. The number of hydrogen-bond acceptors (Lipinski definition) is 2. The molecule has 0 saturated heterocycles. The average Bonchev–Trinajstić information content (AvgIpc) is 2.90. The van der Waals surface area contributed by atoms with Crippen LogP contribution >= 0.6 is 11.3 Å². The molecule has 0 radical (unpaired) electrons. The second-order valence-electron chi connectivity index (χ2n) is 5.06. The molecule has 1 N–H and O–H groups in total. The quantitative estimate of drug-likeness (QED) is 0.695. The van der Waals surface area contributed by atoms with E-state index in [2.05, 4.69) is 53.8 Å². The van der Waals surface area contributed by atoms with E-state index in [1.165, 1.54) is 31.7 Å². The van der Waals surface area contributed by atoms with Crippen LogP contribution in [0, 0.1) is 0 Å². The van der Waals surface area contributed by atoms with Crippen molar-refractivity contribution in [2.75, 3.05) is 6.54 Å². The van der Waals surface area contributed by atoms with Crippen LogP contribution < -0.4 is 5.32 Å². The number of rotatable bonds is 1. The molecule has 0 saturated carbocycles. The molecular formula is C17H15NS. The van der Waals surface area contributed by atoms with Gasteiger partial charge in [-0.15, -0.1) is 11.3 Å². The number of fused-ring (bicyclic) bond motifs is 2. The van der Waals surface area contributed by atoms with E-state index in [-0.39, 0.29) is 0 Å². The molecule has 0 bridgehead atoms. The van der Waals surface area contributed by atoms with Crippen molar-refractivity contribution >= 4 is 21.4 Å². The van der Waals surface area contributed by atoms with Crippen molar-refractivity contribution in [2.45, 2.75) is 13.0 Å². The maximum absolute atomic E-state index is 3.42. The first kappa shape index (κ1) is 11.2. The van der Waals surface area contributed by atoms with Gasteiger partial charge in [0.1, 0.15) is 0 Å². The fourth-order valence-electron chi connectivity index (χ4n) is 2.75. The van der Waals surface area contributed by atoms with Crippen LogP contribution in [-0.4, -0.2) is 6.54 Å². The number of nitrogens with one attached hydrogen (secondary N) is 1. The largest absolute Gasteiger partial charge is 0.312 e. The molecule has 2 aromatic carbocycles. The topological polar surface area (TPSA) is 12.0 Å². The third kappa shape index (κ3) is 1.97. The van der Waals surface area contributed by atoms with E-state index in [0.29, 0.717) is 0 Å². The molecule has 2 heterocycles. The van der Waals surface area contributed by atoms with Gasteiger partial charge in [0, 0.05) is 16.1 Å². The Kier molecular flexibility index (Phi) is 2.64. The van der Waals surface area contributed by atoms with Crippen LogP contribution in [0.2, 0.25) is 0 Å². The minimum atomic E-state index is 1.02. The van der Waals surface area contributed by atoms with Gasteiger partial charge in [0.05, 0.1) is 0 Å². The number of thiophene rings is 1. The van der Waals surface area contributed by atoms with Gasteiger partial charge in [-0.25, -0.2) is 0 Å². The highest BCUT2D eigenvalue weighted by atomic mass is 32.1. The van der Waals surface area contributed by atoms with Gasteiger partial charge in [-0.1, -0.05) is 30.3 Å². The molecule has 4 rings (SSSR count). The van der Waals surface area contributed by atoms with E-state index in [0.717, 1.165) is 19.5 Å². The Balaban J connectivity index is 1.83. The minimum Gasteiger partial charge on any atom is -0.312 e. The molecule has 1 nitrogen and oxygen atoms in total. The van der Waals surface area contributed by atoms with Gasteiger partial charge in [-0.05, 0) is 53.2 Å². The molecule has 0 atom stereocenters. The highest BCUT2D eigenvalue weighted by molar-refractivity contribution is 7.22. The van der Waals surface area contributed by atoms with Crippen LogP contribution in [0.4, 0.5) is 0 Å². The Morgan fingerprint density at radius 2 is 1.89 bits per heavy atom. The van der Waals surface area contributed by atoms with E-state index in [1.54, 1.807) is 0 Å². The Morgan fingerprint density at radius 3 is 2.84 bits per heavy atom. The summed E-state index contributed by atoms with van der Waals surface area (Å²) >= 11 is 1.89. The monoisotopic (exact) mass is 265 g/mol. The summed E-state index contributed by atoms with van der Waals surface area (Å²) in [5, 5.41) is 4.77. The fraction of sp³-hybridized carbons (Fsp3) is 0.176. The lowest BCUT2D eigenvalue weighted by Crippen LogP contribution is -2.23. The lowest BCUT2D eigenvalue weighted by molar-refractivity contribution is 0.644. The number of benzene rings is 2. The SMILES string of the molecule is c1ccc2sc(-c3ccc4c(c3)CCNC4)cc2c1. The molecule has 1 aliphatic rings. The van der Waals surface area contributed by atoms with Gasteiger partial charge >= 0.3 is 0 Å². The maximum Gasteiger partial charge on any atom is 0.0355 e. The van der Waals surface area contributed by atoms with Gasteiger partial charge < -0.3 is 5.32 Å². The normalized spacial score (nSPS) is 14.5. The summed E-state index contributed by atoms with van der Waals surface area (Å²) in [6.07, 6.45) is 1.15. The van der Waals surface area contributed by atoms with Crippen LogP contribution in [0.25, 0.3) is 20.5 Å². The van der Waals surface area contributed by atoms with Gasteiger partial charge in [-0.2, -0.15) is 0 Å². The standard InChI is InChI=1S/C17H15NS/c1-2-4-16-13(3-1)10-17(19-16)14-5-6-15-11-18-8-7-12(15)9-14/h1-6,9-10,18H,7-8,11H2. The van der Waals surface area contributed by atoms with E-state index in [1.807, 2.05) is 11.3 Å². The predicted octanol–water partition coefficient (Wildman–Crippen LogP) is 4.21. The molecule has 0 unspecified atom stereocenters. The van der Waals surface area contributed by atoms with Crippen molar-refractivity contribution in [1.29, 1.82) is 0 Å². The van der Waals surface area contributed by atoms with Crippen LogP contribution in [-0.2, 0) is 13.0 Å². The van der Waals surface area contributed by atoms with Crippen LogP contribution in [0.3, 0.4) is 0 Å². The Bertz CT molecular complexity index is 709. The van der Waals surface area contributed by atoms with Crippen molar-refractivity contribution in [1.82, 2.24) is 5.32 Å². The van der Waals surface area contributed by atoms with Gasteiger partial charge in [-0.3, -0.25) is 0 Å². The second kappa shape index (κ2) is 4.48. The first-order chi connectivity index (χ1) is 9.40. The fourth-order valence-corrected chi connectivity index (χ4v) is 3.81. The van der Waals surface area contributed by atoms with E-state index in [9.17, 15) is 0 Å². The average molecular weight is 265 g/mol. The zero-order valence-electron chi connectivity index (χ0n) is 10.6. The summed E-state index contributed by atoms with van der Waals surface area (Å²) in [4.78, 5) is 1.38. The smallest absolute Gasteiger partial charge is 0.0355 e. The molecule has 3 aromatic rings. The molecule has 0 spiro atoms. The van der Waals surface area contributed by atoms with Crippen LogP contribution in [0.5, 0.6) is 0 Å². The van der Waals surface area contributed by atoms with Crippen molar-refractivity contribution in [3.63, 3.8) is 0 Å². The van der Waals surface area contributed by atoms with Gasteiger partial charge in [0.2, 0.25) is 0 Å². The Labute approximate surface area is 116 Å². The summed E-state index contributed by atoms with van der Waals surface area (Å²) in [7, 11) is 0. The first-order valence-electron chi connectivity index (χ1n) is 6.72. The lowest BCUT2D eigenvalue weighted by atomic mass is 9.98. The summed E-state index contributed by atoms with van der Waals surface area (Å²) in [5.41, 5.74) is 4.33. The molecule has 94 valence electrons. The zero-order valence-corrected chi connectivity index (χ0v) is 11.5. The van der Waals surface area contributed by atoms with Gasteiger partial charge in [0.25, 0.3) is 0 Å². The lowest BCUT2D eigenvalue weighted by Gasteiger charge is -2.17. The van der Waals surface area contributed by atoms with Crippen molar-refractivity contribution in [2.24, 2.45) is 0 Å². The number of hydrogen-bond donors (Lipinski definition) is 1. The van der Waals surface area contributed by atoms with Gasteiger partial charge in [0.15, 0.2) is 0 Å². The van der Waals surface area contributed by atoms with Crippen LogP contribution in [0.1, 0.15) is 11.1 Å². The molecule has 19 heavy (non-hydrogen) atoms. The highest BCUT2D eigenvalue weighted by Gasteiger charge is 2.10. The van der Waals surface area contributed by atoms with E-state index >= 15 is 0 Å². The molecule has 0 fully saturated rings. The third-order valence-corrected chi connectivity index (χ3v) is 4.97. The second-order valence-corrected chi connectivity index (χ2v) is 6.14. The van der Waals surface area contributed by atoms with Crippen molar-refractivity contribution < 1.29 is 0 Å². The Hall–Kier alpha value is -1.64. The maximum atomic E-state index is 3.42. The van der Waals surface area contributed by atoms with E-state index in [4.69, 9.17) is 0 Å². The molecule has 1 aromatic heterocycles. The van der Waals surface area contributed by atoms with E-state index < -0.39 is 0 Å². The van der Waals surface area contributed by atoms with Crippen LogP contribution in [0.15, 0.2) is 48.5 Å². The Morgan fingerprint density at radius 1 is 0.947 bits per heavy atom. The molecule has 0 aliphatic carbocycles. The summed E-state index contributed by atoms with van der Waals surface area (Å²) in [6.45, 7) is 2.12. The summed E-state index contributed by atoms with van der Waals surface area (Å²) < 4.78 is 1.37. The molecule has 2 heteroatoms. The molecular weight excluding hydrogens is 250 g/mol.